The van der Waals surface area contributed by atoms with Crippen LogP contribution < -0.4 is 10.5 Å². The van der Waals surface area contributed by atoms with Crippen LogP contribution >= 0.6 is 11.6 Å². The molecule has 0 saturated heterocycles. The molecule has 2 aromatic rings. The molecular weight excluding hydrogens is 279 g/mol. The fourth-order valence-electron chi connectivity index (χ4n) is 1.71. The summed E-state index contributed by atoms with van der Waals surface area (Å²) >= 11 is 5.72. The first-order valence-corrected chi connectivity index (χ1v) is 6.37. The lowest BCUT2D eigenvalue weighted by Gasteiger charge is -2.11. The highest BCUT2D eigenvalue weighted by atomic mass is 35.5. The number of amidine groups is 1. The third kappa shape index (κ3) is 3.27. The van der Waals surface area contributed by atoms with Gasteiger partial charge in [0.15, 0.2) is 0 Å². The number of hydrogen-bond donors (Lipinski definition) is 2. The summed E-state index contributed by atoms with van der Waals surface area (Å²) in [5, 5.41) is 7.48. The number of rotatable bonds is 4. The van der Waals surface area contributed by atoms with Gasteiger partial charge in [0.2, 0.25) is 0 Å². The van der Waals surface area contributed by atoms with Crippen molar-refractivity contribution in [2.24, 2.45) is 5.73 Å². The van der Waals surface area contributed by atoms with E-state index < -0.39 is 5.82 Å². The Morgan fingerprint density at radius 2 is 2.05 bits per heavy atom. The van der Waals surface area contributed by atoms with Gasteiger partial charge in [-0.1, -0.05) is 29.8 Å². The van der Waals surface area contributed by atoms with Crippen molar-refractivity contribution in [3.05, 3.63) is 63.9 Å². The van der Waals surface area contributed by atoms with Gasteiger partial charge in [0, 0.05) is 5.56 Å². The smallest absolute Gasteiger partial charge is 0.141 e. The van der Waals surface area contributed by atoms with Crippen LogP contribution in [0, 0.1) is 18.2 Å². The lowest BCUT2D eigenvalue weighted by atomic mass is 10.1. The molecule has 20 heavy (non-hydrogen) atoms. The summed E-state index contributed by atoms with van der Waals surface area (Å²) in [6, 6.07) is 9.76. The van der Waals surface area contributed by atoms with Crippen molar-refractivity contribution in [3.8, 4) is 5.75 Å². The molecule has 0 radical (unpaired) electrons. The van der Waals surface area contributed by atoms with E-state index in [1.807, 2.05) is 13.0 Å². The summed E-state index contributed by atoms with van der Waals surface area (Å²) in [4.78, 5) is 0. The Morgan fingerprint density at radius 3 is 2.70 bits per heavy atom. The van der Waals surface area contributed by atoms with Crippen LogP contribution in [-0.4, -0.2) is 5.84 Å². The molecule has 0 aliphatic carbocycles. The first-order chi connectivity index (χ1) is 9.47. The van der Waals surface area contributed by atoms with Crippen molar-refractivity contribution >= 4 is 17.4 Å². The zero-order valence-electron chi connectivity index (χ0n) is 10.9. The first kappa shape index (κ1) is 14.3. The molecule has 0 saturated carbocycles. The Morgan fingerprint density at radius 1 is 1.30 bits per heavy atom. The summed E-state index contributed by atoms with van der Waals surface area (Å²) < 4.78 is 18.7. The molecule has 0 aliphatic rings. The highest BCUT2D eigenvalue weighted by molar-refractivity contribution is 6.30. The van der Waals surface area contributed by atoms with Crippen molar-refractivity contribution in [3.63, 3.8) is 0 Å². The maximum atomic E-state index is 13.1. The summed E-state index contributed by atoms with van der Waals surface area (Å²) in [6.45, 7) is 2.17. The molecule has 0 atom stereocenters. The average molecular weight is 293 g/mol. The van der Waals surface area contributed by atoms with E-state index in [0.29, 0.717) is 11.3 Å². The Kier molecular flexibility index (Phi) is 4.25. The second-order valence-electron chi connectivity index (χ2n) is 4.43. The molecule has 3 N–H and O–H groups in total. The number of nitrogens with one attached hydrogen (secondary N) is 1. The second-order valence-corrected chi connectivity index (χ2v) is 4.84. The number of benzene rings is 2. The summed E-state index contributed by atoms with van der Waals surface area (Å²) in [5.41, 5.74) is 7.75. The molecule has 5 heteroatoms. The summed E-state index contributed by atoms with van der Waals surface area (Å²) in [6.07, 6.45) is 0. The van der Waals surface area contributed by atoms with Crippen molar-refractivity contribution in [2.45, 2.75) is 13.5 Å². The number of nitrogen functional groups attached to an aromatic ring is 1. The van der Waals surface area contributed by atoms with Gasteiger partial charge in [0.25, 0.3) is 0 Å². The van der Waals surface area contributed by atoms with E-state index >= 15 is 0 Å². The van der Waals surface area contributed by atoms with Crippen LogP contribution in [0.25, 0.3) is 0 Å². The monoisotopic (exact) mass is 292 g/mol. The van der Waals surface area contributed by atoms with Crippen LogP contribution in [-0.2, 0) is 6.61 Å². The first-order valence-electron chi connectivity index (χ1n) is 5.99. The van der Waals surface area contributed by atoms with Gasteiger partial charge in [0.05, 0.1) is 5.02 Å². The maximum Gasteiger partial charge on any atom is 0.141 e. The van der Waals surface area contributed by atoms with E-state index in [2.05, 4.69) is 0 Å². The predicted octanol–water partition coefficient (Wildman–Crippen LogP) is 3.65. The Labute approximate surface area is 121 Å². The van der Waals surface area contributed by atoms with Gasteiger partial charge in [-0.05, 0) is 36.2 Å². The zero-order valence-corrected chi connectivity index (χ0v) is 11.7. The molecule has 0 aliphatic heterocycles. The summed E-state index contributed by atoms with van der Waals surface area (Å²) in [5.74, 6) is 0.169. The molecular formula is C15H14ClFN2O. The van der Waals surface area contributed by atoms with E-state index in [1.165, 1.54) is 12.1 Å². The molecule has 3 nitrogen and oxygen atoms in total. The van der Waals surface area contributed by atoms with Gasteiger partial charge in [-0.3, -0.25) is 5.41 Å². The van der Waals surface area contributed by atoms with Gasteiger partial charge in [-0.15, -0.1) is 0 Å². The fourth-order valence-corrected chi connectivity index (χ4v) is 1.92. The van der Waals surface area contributed by atoms with Gasteiger partial charge >= 0.3 is 0 Å². The minimum Gasteiger partial charge on any atom is -0.489 e. The molecule has 0 spiro atoms. The van der Waals surface area contributed by atoms with E-state index in [-0.39, 0.29) is 17.5 Å². The Hall–Kier alpha value is -2.07. The SMILES string of the molecule is Cc1ccc(C(=N)N)cc1OCc1ccc(F)c(Cl)c1. The fraction of sp³-hybridized carbons (Fsp3) is 0.133. The minimum absolute atomic E-state index is 0.0142. The number of nitrogens with two attached hydrogens (primary N) is 1. The molecule has 0 heterocycles. The lowest BCUT2D eigenvalue weighted by Crippen LogP contribution is -2.11. The molecule has 0 aromatic heterocycles. The minimum atomic E-state index is -0.454. The van der Waals surface area contributed by atoms with E-state index in [9.17, 15) is 4.39 Å². The van der Waals surface area contributed by atoms with Crippen molar-refractivity contribution in [1.29, 1.82) is 5.41 Å². The third-order valence-electron chi connectivity index (χ3n) is 2.88. The topological polar surface area (TPSA) is 59.1 Å². The van der Waals surface area contributed by atoms with E-state index in [0.717, 1.165) is 11.1 Å². The molecule has 2 aromatic carbocycles. The molecule has 0 amide bonds. The van der Waals surface area contributed by atoms with Crippen LogP contribution in [0.2, 0.25) is 5.02 Å². The average Bonchev–Trinajstić information content (AvgIpc) is 2.41. The maximum absolute atomic E-state index is 13.1. The van der Waals surface area contributed by atoms with Crippen LogP contribution in [0.5, 0.6) is 5.75 Å². The third-order valence-corrected chi connectivity index (χ3v) is 3.17. The second kappa shape index (κ2) is 5.92. The lowest BCUT2D eigenvalue weighted by molar-refractivity contribution is 0.304. The highest BCUT2D eigenvalue weighted by Crippen LogP contribution is 2.22. The molecule has 0 bridgehead atoms. The largest absolute Gasteiger partial charge is 0.489 e. The Balaban J connectivity index is 2.15. The number of ether oxygens (including phenoxy) is 1. The van der Waals surface area contributed by atoms with Crippen LogP contribution in [0.15, 0.2) is 36.4 Å². The molecule has 104 valence electrons. The van der Waals surface area contributed by atoms with Crippen molar-refractivity contribution in [1.82, 2.24) is 0 Å². The highest BCUT2D eigenvalue weighted by Gasteiger charge is 2.06. The zero-order chi connectivity index (χ0) is 14.7. The standard InChI is InChI=1S/C15H14ClFN2O/c1-9-2-4-11(15(18)19)7-14(9)20-8-10-3-5-13(17)12(16)6-10/h2-7H,8H2,1H3,(H3,18,19). The van der Waals surface area contributed by atoms with Crippen LogP contribution in [0.4, 0.5) is 4.39 Å². The molecule has 0 unspecified atom stereocenters. The van der Waals surface area contributed by atoms with E-state index in [4.69, 9.17) is 27.5 Å². The van der Waals surface area contributed by atoms with Gasteiger partial charge in [-0.2, -0.15) is 0 Å². The van der Waals surface area contributed by atoms with Crippen molar-refractivity contribution < 1.29 is 9.13 Å². The quantitative estimate of drug-likeness (QED) is 0.667. The van der Waals surface area contributed by atoms with Crippen LogP contribution in [0.1, 0.15) is 16.7 Å². The van der Waals surface area contributed by atoms with Gasteiger partial charge < -0.3 is 10.5 Å². The normalized spacial score (nSPS) is 10.3. The summed E-state index contributed by atoms with van der Waals surface area (Å²) in [7, 11) is 0. The number of aryl methyl sites for hydroxylation is 1. The molecule has 2 rings (SSSR count). The predicted molar refractivity (Wildman–Crippen MR) is 77.9 cm³/mol. The number of halogens is 2. The Bertz CT molecular complexity index is 658. The van der Waals surface area contributed by atoms with Gasteiger partial charge in [-0.25, -0.2) is 4.39 Å². The van der Waals surface area contributed by atoms with Crippen molar-refractivity contribution in [2.75, 3.05) is 0 Å². The number of hydrogen-bond acceptors (Lipinski definition) is 2. The molecule has 0 fully saturated rings. The van der Waals surface area contributed by atoms with E-state index in [1.54, 1.807) is 18.2 Å². The van der Waals surface area contributed by atoms with Crippen LogP contribution in [0.3, 0.4) is 0 Å². The van der Waals surface area contributed by atoms with Gasteiger partial charge in [0.1, 0.15) is 24.0 Å².